The van der Waals surface area contributed by atoms with E-state index < -0.39 is 5.91 Å². The number of ether oxygens (including phenoxy) is 3. The van der Waals surface area contributed by atoms with Crippen LogP contribution >= 0.6 is 15.9 Å². The van der Waals surface area contributed by atoms with E-state index in [0.29, 0.717) is 38.6 Å². The van der Waals surface area contributed by atoms with Crippen LogP contribution in [0.3, 0.4) is 0 Å². The first-order chi connectivity index (χ1) is 20.8. The number of carbonyl (C=O) groups is 1. The van der Waals surface area contributed by atoms with Crippen LogP contribution in [0, 0.1) is 19.7 Å². The number of aromatic nitrogens is 1. The van der Waals surface area contributed by atoms with Gasteiger partial charge in [-0.1, -0.05) is 12.1 Å². The number of methoxy groups -OCH3 is 1. The number of benzene rings is 3. The number of aryl methyl sites for hydroxylation is 2. The molecule has 1 N–H and O–H groups in total. The minimum absolute atomic E-state index is 0.101. The van der Waals surface area contributed by atoms with Gasteiger partial charge in [-0.3, -0.25) is 4.79 Å². The van der Waals surface area contributed by atoms with Crippen LogP contribution in [0.5, 0.6) is 17.2 Å². The zero-order valence-electron chi connectivity index (χ0n) is 23.8. The minimum atomic E-state index is -0.509. The van der Waals surface area contributed by atoms with Gasteiger partial charge >= 0.3 is 5.91 Å². The molecular formula is C33H29BrFN3O5. The van der Waals surface area contributed by atoms with Crippen molar-refractivity contribution in [1.29, 1.82) is 0 Å². The highest BCUT2D eigenvalue weighted by Crippen LogP contribution is 2.37. The monoisotopic (exact) mass is 645 g/mol. The third kappa shape index (κ3) is 7.34. The molecule has 0 saturated carbocycles. The summed E-state index contributed by atoms with van der Waals surface area (Å²) in [6.45, 7) is 4.46. The lowest BCUT2D eigenvalue weighted by molar-refractivity contribution is 0.0923. The SMILES string of the molecule is COc1cc(/C=N/NC(=O)c2ccc(COc3ccc(-n4c(C)ccc4C)cc3)o2)cc(Br)c1OCc1cccc(F)c1. The minimum Gasteiger partial charge on any atom is -0.493 e. The molecule has 2 aromatic heterocycles. The summed E-state index contributed by atoms with van der Waals surface area (Å²) in [7, 11) is 1.51. The van der Waals surface area contributed by atoms with Crippen LogP contribution in [0.2, 0.25) is 0 Å². The molecule has 5 aromatic rings. The number of rotatable bonds is 11. The summed E-state index contributed by atoms with van der Waals surface area (Å²) in [5.74, 6) is 1.34. The normalized spacial score (nSPS) is 11.1. The lowest BCUT2D eigenvalue weighted by atomic mass is 10.2. The van der Waals surface area contributed by atoms with E-state index in [0.717, 1.165) is 17.1 Å². The lowest BCUT2D eigenvalue weighted by Gasteiger charge is -2.13. The van der Waals surface area contributed by atoms with Gasteiger partial charge in [-0.2, -0.15) is 5.10 Å². The van der Waals surface area contributed by atoms with Crippen LogP contribution in [-0.2, 0) is 13.2 Å². The van der Waals surface area contributed by atoms with Gasteiger partial charge in [-0.05, 0) is 114 Å². The number of amides is 1. The number of nitrogens with zero attached hydrogens (tertiary/aromatic N) is 2. The quantitative estimate of drug-likeness (QED) is 0.119. The smallest absolute Gasteiger partial charge is 0.307 e. The zero-order valence-corrected chi connectivity index (χ0v) is 25.4. The first kappa shape index (κ1) is 29.7. The summed E-state index contributed by atoms with van der Waals surface area (Å²) in [6, 6.07) is 24.8. The highest BCUT2D eigenvalue weighted by Gasteiger charge is 2.14. The summed E-state index contributed by atoms with van der Waals surface area (Å²) >= 11 is 3.48. The molecule has 0 atom stereocenters. The van der Waals surface area contributed by atoms with E-state index in [-0.39, 0.29) is 24.8 Å². The molecule has 3 aromatic carbocycles. The van der Waals surface area contributed by atoms with Gasteiger partial charge in [0.05, 0.1) is 17.8 Å². The molecule has 0 saturated heterocycles. The van der Waals surface area contributed by atoms with Gasteiger partial charge in [0, 0.05) is 17.1 Å². The summed E-state index contributed by atoms with van der Waals surface area (Å²) < 4.78 is 39.1. The predicted octanol–water partition coefficient (Wildman–Crippen LogP) is 7.52. The number of hydrogen-bond donors (Lipinski definition) is 1. The standard InChI is InChI=1S/C33H29BrFN3O5/c1-21-7-8-22(2)38(21)26-9-11-27(12-10-26)41-20-28-13-14-30(43-28)33(39)37-36-18-24-16-29(34)32(31(17-24)40-3)42-19-23-5-4-6-25(35)15-23/h4-18H,19-20H2,1-3H3,(H,37,39)/b36-18+. The predicted molar refractivity (Wildman–Crippen MR) is 165 cm³/mol. The molecule has 0 unspecified atom stereocenters. The number of hydrogen-bond acceptors (Lipinski definition) is 6. The molecule has 0 aliphatic rings. The molecule has 0 spiro atoms. The van der Waals surface area contributed by atoms with Crippen LogP contribution in [0.15, 0.2) is 98.9 Å². The maximum atomic E-state index is 13.5. The van der Waals surface area contributed by atoms with Gasteiger partial charge in [0.2, 0.25) is 0 Å². The highest BCUT2D eigenvalue weighted by atomic mass is 79.9. The van der Waals surface area contributed by atoms with Crippen molar-refractivity contribution in [2.24, 2.45) is 5.10 Å². The van der Waals surface area contributed by atoms with Crippen molar-refractivity contribution in [3.63, 3.8) is 0 Å². The van der Waals surface area contributed by atoms with Gasteiger partial charge in [0.15, 0.2) is 17.3 Å². The first-order valence-corrected chi connectivity index (χ1v) is 14.1. The molecule has 220 valence electrons. The Morgan fingerprint density at radius 1 is 0.977 bits per heavy atom. The van der Waals surface area contributed by atoms with Gasteiger partial charge in [-0.25, -0.2) is 9.82 Å². The fourth-order valence-electron chi connectivity index (χ4n) is 4.46. The lowest BCUT2D eigenvalue weighted by Crippen LogP contribution is -2.16. The molecular weight excluding hydrogens is 617 g/mol. The van der Waals surface area contributed by atoms with E-state index in [1.54, 1.807) is 36.4 Å². The number of halogens is 2. The van der Waals surface area contributed by atoms with Crippen LogP contribution in [-0.4, -0.2) is 23.8 Å². The van der Waals surface area contributed by atoms with E-state index in [1.807, 2.05) is 24.3 Å². The third-order valence-electron chi connectivity index (χ3n) is 6.54. The van der Waals surface area contributed by atoms with Crippen molar-refractivity contribution >= 4 is 28.1 Å². The summed E-state index contributed by atoms with van der Waals surface area (Å²) in [5.41, 5.74) is 7.16. The molecule has 0 bridgehead atoms. The van der Waals surface area contributed by atoms with Crippen molar-refractivity contribution in [2.75, 3.05) is 7.11 Å². The van der Waals surface area contributed by atoms with Crippen molar-refractivity contribution < 1.29 is 27.8 Å². The highest BCUT2D eigenvalue weighted by molar-refractivity contribution is 9.10. The second-order valence-corrected chi connectivity index (χ2v) is 10.5. The second-order valence-electron chi connectivity index (χ2n) is 9.65. The van der Waals surface area contributed by atoms with Crippen molar-refractivity contribution in [3.05, 3.63) is 129 Å². The Kier molecular flexibility index (Phi) is 9.26. The molecule has 0 aliphatic heterocycles. The van der Waals surface area contributed by atoms with Gasteiger partial charge < -0.3 is 23.2 Å². The Balaban J connectivity index is 1.14. The summed E-state index contributed by atoms with van der Waals surface area (Å²) in [6.07, 6.45) is 1.47. The van der Waals surface area contributed by atoms with E-state index in [1.165, 1.54) is 25.5 Å². The average Bonchev–Trinajstić information content (AvgIpc) is 3.61. The number of nitrogens with one attached hydrogen (secondary N) is 1. The number of carbonyl (C=O) groups excluding carboxylic acids is 1. The van der Waals surface area contributed by atoms with E-state index in [4.69, 9.17) is 18.6 Å². The van der Waals surface area contributed by atoms with Crippen LogP contribution in [0.1, 0.15) is 38.8 Å². The zero-order chi connectivity index (χ0) is 30.3. The Morgan fingerprint density at radius 2 is 1.74 bits per heavy atom. The molecule has 2 heterocycles. The summed E-state index contributed by atoms with van der Waals surface area (Å²) in [5, 5.41) is 4.04. The molecule has 5 rings (SSSR count). The third-order valence-corrected chi connectivity index (χ3v) is 7.13. The Morgan fingerprint density at radius 3 is 2.47 bits per heavy atom. The van der Waals surface area contributed by atoms with Crippen molar-refractivity contribution in [2.45, 2.75) is 27.1 Å². The Labute approximate surface area is 256 Å². The molecule has 0 radical (unpaired) electrons. The van der Waals surface area contributed by atoms with E-state index in [2.05, 4.69) is 57.0 Å². The largest absolute Gasteiger partial charge is 0.493 e. The van der Waals surface area contributed by atoms with Crippen LogP contribution in [0.4, 0.5) is 4.39 Å². The molecule has 43 heavy (non-hydrogen) atoms. The topological polar surface area (TPSA) is 87.2 Å². The molecule has 1 amide bonds. The van der Waals surface area contributed by atoms with E-state index >= 15 is 0 Å². The van der Waals surface area contributed by atoms with Crippen molar-refractivity contribution in [3.8, 4) is 22.9 Å². The Bertz CT molecular complexity index is 1740. The van der Waals surface area contributed by atoms with Gasteiger partial charge in [-0.15, -0.1) is 0 Å². The fraction of sp³-hybridized carbons (Fsp3) is 0.152. The molecule has 10 heteroatoms. The second kappa shape index (κ2) is 13.4. The first-order valence-electron chi connectivity index (χ1n) is 13.4. The van der Waals surface area contributed by atoms with Gasteiger partial charge in [0.25, 0.3) is 0 Å². The van der Waals surface area contributed by atoms with Crippen molar-refractivity contribution in [1.82, 2.24) is 9.99 Å². The maximum absolute atomic E-state index is 13.5. The number of furan rings is 1. The molecule has 0 fully saturated rings. The molecule has 8 nitrogen and oxygen atoms in total. The fourth-order valence-corrected chi connectivity index (χ4v) is 5.03. The molecule has 0 aliphatic carbocycles. The average molecular weight is 647 g/mol. The summed E-state index contributed by atoms with van der Waals surface area (Å²) in [4.78, 5) is 12.6. The van der Waals surface area contributed by atoms with Crippen LogP contribution in [0.25, 0.3) is 5.69 Å². The number of hydrazone groups is 1. The maximum Gasteiger partial charge on any atom is 0.307 e. The van der Waals surface area contributed by atoms with Gasteiger partial charge in [0.1, 0.15) is 30.5 Å². The van der Waals surface area contributed by atoms with Crippen LogP contribution < -0.4 is 19.6 Å². The van der Waals surface area contributed by atoms with E-state index in [9.17, 15) is 9.18 Å². The Hall–Kier alpha value is -4.83.